The van der Waals surface area contributed by atoms with Crippen LogP contribution in [0.1, 0.15) is 48.6 Å². The number of halogens is 1. The highest BCUT2D eigenvalue weighted by atomic mass is 32.1. The number of carbonyl (C=O) groups is 2. The molecule has 8 heteroatoms. The van der Waals surface area contributed by atoms with Crippen LogP contribution in [-0.4, -0.2) is 61.6 Å². The van der Waals surface area contributed by atoms with Crippen molar-refractivity contribution in [2.24, 2.45) is 5.92 Å². The van der Waals surface area contributed by atoms with Crippen molar-refractivity contribution >= 4 is 23.2 Å². The van der Waals surface area contributed by atoms with Crippen LogP contribution in [0.15, 0.2) is 35.7 Å². The molecule has 0 radical (unpaired) electrons. The lowest BCUT2D eigenvalue weighted by atomic mass is 10.00. The van der Waals surface area contributed by atoms with E-state index in [0.29, 0.717) is 31.9 Å². The number of amides is 2. The van der Waals surface area contributed by atoms with Gasteiger partial charge in [-0.2, -0.15) is 0 Å². The molecular weight excluding hydrogens is 455 g/mol. The van der Waals surface area contributed by atoms with Crippen LogP contribution in [0.5, 0.6) is 5.75 Å². The largest absolute Gasteiger partial charge is 0.491 e. The van der Waals surface area contributed by atoms with Gasteiger partial charge < -0.3 is 19.3 Å². The van der Waals surface area contributed by atoms with Crippen molar-refractivity contribution in [2.75, 3.05) is 40.0 Å². The van der Waals surface area contributed by atoms with Gasteiger partial charge in [0.25, 0.3) is 0 Å². The molecule has 0 bridgehead atoms. The summed E-state index contributed by atoms with van der Waals surface area (Å²) < 4.78 is 24.7. The molecule has 1 aliphatic heterocycles. The highest BCUT2D eigenvalue weighted by Crippen LogP contribution is 2.34. The molecule has 4 rings (SSSR count). The van der Waals surface area contributed by atoms with E-state index in [0.717, 1.165) is 37.7 Å². The summed E-state index contributed by atoms with van der Waals surface area (Å²) in [6.07, 6.45) is 5.43. The van der Waals surface area contributed by atoms with Crippen LogP contribution in [0.3, 0.4) is 0 Å². The second-order valence-corrected chi connectivity index (χ2v) is 10.0. The number of methoxy groups -OCH3 is 1. The van der Waals surface area contributed by atoms with Gasteiger partial charge in [-0.1, -0.05) is 18.9 Å². The van der Waals surface area contributed by atoms with E-state index in [1.54, 1.807) is 35.5 Å². The van der Waals surface area contributed by atoms with Gasteiger partial charge in [-0.3, -0.25) is 9.59 Å². The summed E-state index contributed by atoms with van der Waals surface area (Å²) in [5.74, 6) is 0.110. The van der Waals surface area contributed by atoms with Gasteiger partial charge in [0.1, 0.15) is 18.2 Å². The van der Waals surface area contributed by atoms with Gasteiger partial charge in [-0.15, -0.1) is 11.3 Å². The monoisotopic (exact) mass is 488 g/mol. The molecule has 2 aliphatic rings. The van der Waals surface area contributed by atoms with Crippen molar-refractivity contribution in [3.8, 4) is 5.75 Å². The second-order valence-electron chi connectivity index (χ2n) is 9.01. The van der Waals surface area contributed by atoms with E-state index in [1.165, 1.54) is 17.0 Å². The summed E-state index contributed by atoms with van der Waals surface area (Å²) in [4.78, 5) is 31.6. The number of hydrogen-bond acceptors (Lipinski definition) is 5. The Balaban J connectivity index is 1.48. The van der Waals surface area contributed by atoms with Crippen molar-refractivity contribution < 1.29 is 23.5 Å². The third-order valence-corrected chi connectivity index (χ3v) is 7.73. The summed E-state index contributed by atoms with van der Waals surface area (Å²) in [5.41, 5.74) is 1.08. The topological polar surface area (TPSA) is 59.1 Å². The fourth-order valence-corrected chi connectivity index (χ4v) is 5.89. The van der Waals surface area contributed by atoms with Gasteiger partial charge >= 0.3 is 0 Å². The molecule has 0 unspecified atom stereocenters. The molecule has 2 heterocycles. The molecule has 6 nitrogen and oxygen atoms in total. The normalized spacial score (nSPS) is 18.1. The molecule has 1 saturated carbocycles. The molecule has 2 amide bonds. The number of thiophene rings is 1. The molecule has 184 valence electrons. The van der Waals surface area contributed by atoms with Gasteiger partial charge in [0, 0.05) is 43.7 Å². The molecule has 1 aliphatic carbocycles. The van der Waals surface area contributed by atoms with Crippen molar-refractivity contribution in [3.63, 3.8) is 0 Å². The van der Waals surface area contributed by atoms with Gasteiger partial charge in [0.2, 0.25) is 11.8 Å². The zero-order valence-electron chi connectivity index (χ0n) is 19.7. The maximum absolute atomic E-state index is 13.6. The predicted octanol–water partition coefficient (Wildman–Crippen LogP) is 4.45. The highest BCUT2D eigenvalue weighted by molar-refractivity contribution is 7.10. The SMILES string of the molecule is COCCCN(CC(=O)N1CCc2sccc2[C@@H]1COc1cccc(F)c1)C(=O)C1CCCC1. The molecule has 34 heavy (non-hydrogen) atoms. The Labute approximate surface area is 204 Å². The Morgan fingerprint density at radius 2 is 2.06 bits per heavy atom. The quantitative estimate of drug-likeness (QED) is 0.464. The first-order valence-electron chi connectivity index (χ1n) is 12.1. The van der Waals surface area contributed by atoms with E-state index >= 15 is 0 Å². The Morgan fingerprint density at radius 3 is 2.82 bits per heavy atom. The van der Waals surface area contributed by atoms with Crippen LogP contribution in [0, 0.1) is 11.7 Å². The fourth-order valence-electron chi connectivity index (χ4n) is 4.96. The summed E-state index contributed by atoms with van der Waals surface area (Å²) in [5, 5.41) is 2.04. The van der Waals surface area contributed by atoms with E-state index in [-0.39, 0.29) is 42.7 Å². The number of ether oxygens (including phenoxy) is 2. The maximum Gasteiger partial charge on any atom is 0.242 e. The number of fused-ring (bicyclic) bond motifs is 1. The number of hydrogen-bond donors (Lipinski definition) is 0. The van der Waals surface area contributed by atoms with E-state index in [1.807, 2.05) is 16.3 Å². The zero-order valence-corrected chi connectivity index (χ0v) is 20.5. The smallest absolute Gasteiger partial charge is 0.242 e. The molecule has 0 saturated heterocycles. The zero-order chi connectivity index (χ0) is 23.9. The standard InChI is InChI=1S/C26H33FN2O4S/c1-32-14-5-12-28(26(31)19-6-2-3-7-19)17-25(30)29-13-10-24-22(11-15-34-24)23(29)18-33-21-9-4-8-20(27)16-21/h4,8-9,11,15-16,19,23H,2-3,5-7,10,12-14,17-18H2,1H3/t23-/m0/s1. The average Bonchev–Trinajstić information content (AvgIpc) is 3.54. The Bertz CT molecular complexity index is 975. The molecule has 1 aromatic heterocycles. The van der Waals surface area contributed by atoms with Crippen molar-refractivity contribution in [2.45, 2.75) is 44.6 Å². The van der Waals surface area contributed by atoms with Crippen LogP contribution < -0.4 is 4.74 Å². The number of benzene rings is 1. The van der Waals surface area contributed by atoms with Crippen LogP contribution in [-0.2, 0) is 20.7 Å². The fraction of sp³-hybridized carbons (Fsp3) is 0.538. The van der Waals surface area contributed by atoms with Crippen molar-refractivity contribution in [1.29, 1.82) is 0 Å². The van der Waals surface area contributed by atoms with Crippen molar-refractivity contribution in [1.82, 2.24) is 9.80 Å². The lowest BCUT2D eigenvalue weighted by molar-refractivity contribution is -0.144. The minimum atomic E-state index is -0.359. The maximum atomic E-state index is 13.6. The Hall–Kier alpha value is -2.45. The first-order chi connectivity index (χ1) is 16.6. The molecule has 1 aromatic carbocycles. The number of nitrogens with zero attached hydrogens (tertiary/aromatic N) is 2. The molecular formula is C26H33FN2O4S. The number of rotatable bonds is 10. The molecule has 1 fully saturated rings. The molecule has 0 spiro atoms. The summed E-state index contributed by atoms with van der Waals surface area (Å²) >= 11 is 1.68. The van der Waals surface area contributed by atoms with Crippen LogP contribution in [0.2, 0.25) is 0 Å². The summed E-state index contributed by atoms with van der Waals surface area (Å²) in [7, 11) is 1.64. The lowest BCUT2D eigenvalue weighted by Crippen LogP contribution is -2.49. The third kappa shape index (κ3) is 5.96. The molecule has 1 atom stereocenters. The van der Waals surface area contributed by atoms with Crippen molar-refractivity contribution in [3.05, 3.63) is 52.0 Å². The highest BCUT2D eigenvalue weighted by Gasteiger charge is 2.35. The Kier molecular flexibility index (Phi) is 8.56. The van der Waals surface area contributed by atoms with E-state index in [9.17, 15) is 14.0 Å². The first kappa shape index (κ1) is 24.7. The second kappa shape index (κ2) is 11.8. The van der Waals surface area contributed by atoms with Gasteiger partial charge in [-0.25, -0.2) is 4.39 Å². The van der Waals surface area contributed by atoms with Crippen LogP contribution >= 0.6 is 11.3 Å². The average molecular weight is 489 g/mol. The predicted molar refractivity (Wildman–Crippen MR) is 129 cm³/mol. The lowest BCUT2D eigenvalue weighted by Gasteiger charge is -2.37. The van der Waals surface area contributed by atoms with E-state index in [4.69, 9.17) is 9.47 Å². The van der Waals surface area contributed by atoms with Gasteiger partial charge in [-0.05, 0) is 54.8 Å². The number of carbonyl (C=O) groups excluding carboxylic acids is 2. The summed E-state index contributed by atoms with van der Waals surface area (Å²) in [6, 6.07) is 7.81. The first-order valence-corrected chi connectivity index (χ1v) is 13.0. The van der Waals surface area contributed by atoms with Gasteiger partial charge in [0.15, 0.2) is 0 Å². The minimum absolute atomic E-state index is 0.0206. The summed E-state index contributed by atoms with van der Waals surface area (Å²) in [6.45, 7) is 1.94. The minimum Gasteiger partial charge on any atom is -0.491 e. The molecule has 2 aromatic rings. The third-order valence-electron chi connectivity index (χ3n) is 6.74. The van der Waals surface area contributed by atoms with Crippen LogP contribution in [0.25, 0.3) is 0 Å². The molecule has 0 N–H and O–H groups in total. The van der Waals surface area contributed by atoms with E-state index in [2.05, 4.69) is 0 Å². The van der Waals surface area contributed by atoms with E-state index < -0.39 is 0 Å². The Morgan fingerprint density at radius 1 is 1.24 bits per heavy atom. The van der Waals surface area contributed by atoms with Gasteiger partial charge in [0.05, 0.1) is 12.6 Å². The van der Waals surface area contributed by atoms with Crippen LogP contribution in [0.4, 0.5) is 4.39 Å².